The van der Waals surface area contributed by atoms with Crippen molar-refractivity contribution in [2.75, 3.05) is 0 Å². The van der Waals surface area contributed by atoms with Crippen molar-refractivity contribution < 1.29 is 10.1 Å². The lowest BCUT2D eigenvalue weighted by molar-refractivity contribution is -0.777. The maximum absolute atomic E-state index is 9.41. The summed E-state index contributed by atoms with van der Waals surface area (Å²) < 4.78 is 0. The molecule has 8 heavy (non-hydrogen) atoms. The quantitative estimate of drug-likeness (QED) is 0.128. The van der Waals surface area contributed by atoms with E-state index in [1.165, 1.54) is 5.53 Å². The molecule has 0 fully saturated rings. The van der Waals surface area contributed by atoms with Crippen molar-refractivity contribution in [3.05, 3.63) is 10.1 Å². The van der Waals surface area contributed by atoms with Gasteiger partial charge in [-0.1, -0.05) is 5.53 Å². The number of hydrogen-bond donors (Lipinski definition) is 4. The summed E-state index contributed by atoms with van der Waals surface area (Å²) in [7, 11) is 0. The normalized spacial score (nSPS) is 7.50. The summed E-state index contributed by atoms with van der Waals surface area (Å²) in [6, 6.07) is 0. The maximum atomic E-state index is 9.41. The van der Waals surface area contributed by atoms with E-state index >= 15 is 0 Å². The third kappa shape index (κ3) is 4.47. The molecule has 0 amide bonds. The average Bonchev–Trinajstić information content (AvgIpc) is 1.61. The van der Waals surface area contributed by atoms with Crippen LogP contribution in [0.15, 0.2) is 0 Å². The minimum atomic E-state index is -0.820. The number of hydrazine groups is 2. The van der Waals surface area contributed by atoms with Gasteiger partial charge in [-0.05, 0) is 0 Å². The summed E-state index contributed by atoms with van der Waals surface area (Å²) >= 11 is 0. The van der Waals surface area contributed by atoms with Gasteiger partial charge in [0.2, 0.25) is 0 Å². The van der Waals surface area contributed by atoms with Crippen LogP contribution in [0.2, 0.25) is 0 Å². The molecule has 0 heterocycles. The Kier molecular flexibility index (Phi) is 2.11. The molecule has 0 aromatic heterocycles. The van der Waals surface area contributed by atoms with Gasteiger partial charge in [0.15, 0.2) is 0 Å². The van der Waals surface area contributed by atoms with E-state index in [1.54, 1.807) is 0 Å². The topological polar surface area (TPSA) is 121 Å². The van der Waals surface area contributed by atoms with Crippen LogP contribution in [0.1, 0.15) is 0 Å². The van der Waals surface area contributed by atoms with Crippen LogP contribution < -0.4 is 22.1 Å². The van der Waals surface area contributed by atoms with E-state index in [0.717, 1.165) is 0 Å². The standard InChI is InChI=1S/CH5N5O2/c2-1(3)4-5-6(7)8/h5H,(H4,2,3,4)/p+1. The smallest absolute Gasteiger partial charge is 0.339 e. The van der Waals surface area contributed by atoms with Gasteiger partial charge in [0.25, 0.3) is 0 Å². The van der Waals surface area contributed by atoms with Crippen molar-refractivity contribution in [3.63, 3.8) is 0 Å². The molecule has 7 nitrogen and oxygen atoms in total. The Morgan fingerprint density at radius 1 is 1.75 bits per heavy atom. The zero-order valence-corrected chi connectivity index (χ0v) is 3.92. The minimum absolute atomic E-state index is 0.248. The van der Waals surface area contributed by atoms with Gasteiger partial charge in [0, 0.05) is 5.03 Å². The number of nitrogens with one attached hydrogen (secondary N) is 2. The first-order valence-corrected chi connectivity index (χ1v) is 1.67. The Morgan fingerprint density at radius 3 is 2.38 bits per heavy atom. The van der Waals surface area contributed by atoms with Gasteiger partial charge < -0.3 is 10.1 Å². The summed E-state index contributed by atoms with van der Waals surface area (Å²) in [5, 5.41) is 10.5. The van der Waals surface area contributed by atoms with Crippen LogP contribution in [-0.2, 0) is 0 Å². The highest BCUT2D eigenvalue weighted by molar-refractivity contribution is 5.68. The van der Waals surface area contributed by atoms with E-state index in [0.29, 0.717) is 0 Å². The van der Waals surface area contributed by atoms with Gasteiger partial charge in [-0.3, -0.25) is 0 Å². The summed E-state index contributed by atoms with van der Waals surface area (Å²) in [5.74, 6) is -0.248. The molecule has 0 aromatic rings. The molecule has 0 aliphatic heterocycles. The van der Waals surface area contributed by atoms with Crippen molar-refractivity contribution >= 4 is 5.96 Å². The maximum Gasteiger partial charge on any atom is 0.450 e. The Morgan fingerprint density at radius 2 is 2.25 bits per heavy atom. The van der Waals surface area contributed by atoms with Gasteiger partial charge in [0.1, 0.15) is 0 Å². The molecule has 0 rings (SSSR count). The highest BCUT2D eigenvalue weighted by atomic mass is 16.7. The summed E-state index contributed by atoms with van der Waals surface area (Å²) in [6.07, 6.45) is 0. The Balaban J connectivity index is 3.45. The minimum Gasteiger partial charge on any atom is -0.339 e. The number of hydrogen-bond acceptors (Lipinski definition) is 2. The first-order chi connectivity index (χ1) is 3.63. The SMILES string of the molecule is NC(N)=[NH+]N[N+](=O)[O-]. The summed E-state index contributed by atoms with van der Waals surface area (Å²) in [4.78, 5) is 9.41. The molecule has 0 aromatic carbocycles. The van der Waals surface area contributed by atoms with Gasteiger partial charge in [-0.15, -0.1) is 5.10 Å². The van der Waals surface area contributed by atoms with Gasteiger partial charge in [-0.25, -0.2) is 11.5 Å². The average molecular weight is 120 g/mol. The van der Waals surface area contributed by atoms with Crippen molar-refractivity contribution in [2.45, 2.75) is 0 Å². The Hall–Kier alpha value is -1.53. The monoisotopic (exact) mass is 120 g/mol. The van der Waals surface area contributed by atoms with E-state index in [1.807, 2.05) is 5.10 Å². The van der Waals surface area contributed by atoms with E-state index in [9.17, 15) is 10.1 Å². The first kappa shape index (κ1) is 6.47. The van der Waals surface area contributed by atoms with Gasteiger partial charge >= 0.3 is 5.96 Å². The number of guanidine groups is 1. The molecule has 7 heteroatoms. The van der Waals surface area contributed by atoms with E-state index in [4.69, 9.17) is 11.5 Å². The van der Waals surface area contributed by atoms with E-state index in [-0.39, 0.29) is 5.96 Å². The molecule has 0 unspecified atom stereocenters. The molecular weight excluding hydrogens is 114 g/mol. The zero-order chi connectivity index (χ0) is 6.57. The molecular formula is CH6N5O2+. The molecule has 6 N–H and O–H groups in total. The van der Waals surface area contributed by atoms with Crippen LogP contribution in [0.4, 0.5) is 0 Å². The van der Waals surface area contributed by atoms with Crippen molar-refractivity contribution in [3.8, 4) is 0 Å². The van der Waals surface area contributed by atoms with Crippen molar-refractivity contribution in [1.29, 1.82) is 0 Å². The third-order valence-corrected chi connectivity index (χ3v) is 0.292. The number of nitrogens with zero attached hydrogens (tertiary/aromatic N) is 1. The molecule has 0 aliphatic rings. The first-order valence-electron chi connectivity index (χ1n) is 1.67. The van der Waals surface area contributed by atoms with Crippen LogP contribution >= 0.6 is 0 Å². The molecule has 0 atom stereocenters. The highest BCUT2D eigenvalue weighted by Gasteiger charge is 1.88. The predicted octanol–water partition coefficient (Wildman–Crippen LogP) is -3.96. The fraction of sp³-hybridized carbons (Fsp3) is 0. The number of hydrazone groups is 1. The molecule has 0 aliphatic carbocycles. The molecule has 0 radical (unpaired) electrons. The van der Waals surface area contributed by atoms with Crippen molar-refractivity contribution in [2.24, 2.45) is 11.5 Å². The van der Waals surface area contributed by atoms with Crippen LogP contribution in [0, 0.1) is 10.1 Å². The summed E-state index contributed by atoms with van der Waals surface area (Å²) in [6.45, 7) is 0. The largest absolute Gasteiger partial charge is 0.450 e. The fourth-order valence-electron chi connectivity index (χ4n) is 0.110. The second-order valence-electron chi connectivity index (χ2n) is 0.949. The summed E-state index contributed by atoms with van der Waals surface area (Å²) in [5.41, 5.74) is 11.0. The second kappa shape index (κ2) is 2.61. The molecule has 0 saturated carbocycles. The lowest BCUT2D eigenvalue weighted by Crippen LogP contribution is -2.88. The molecule has 0 spiro atoms. The fourth-order valence-corrected chi connectivity index (χ4v) is 0.110. The van der Waals surface area contributed by atoms with Crippen LogP contribution in [0.25, 0.3) is 0 Å². The highest BCUT2D eigenvalue weighted by Crippen LogP contribution is 1.37. The lowest BCUT2D eigenvalue weighted by Gasteiger charge is -1.87. The number of nitrogens with two attached hydrogens (primary N) is 2. The Bertz CT molecular complexity index is 114. The molecule has 46 valence electrons. The second-order valence-corrected chi connectivity index (χ2v) is 0.949. The predicted molar refractivity (Wildman–Crippen MR) is 24.5 cm³/mol. The van der Waals surface area contributed by atoms with Crippen LogP contribution in [0.5, 0.6) is 0 Å². The molecule has 0 saturated heterocycles. The van der Waals surface area contributed by atoms with E-state index in [2.05, 4.69) is 0 Å². The Labute approximate surface area is 44.5 Å². The lowest BCUT2D eigenvalue weighted by atomic mass is 11.1. The van der Waals surface area contributed by atoms with Gasteiger partial charge in [-0.2, -0.15) is 0 Å². The van der Waals surface area contributed by atoms with Crippen LogP contribution in [-0.4, -0.2) is 11.0 Å². The third-order valence-electron chi connectivity index (χ3n) is 0.292. The van der Waals surface area contributed by atoms with Crippen LogP contribution in [0.3, 0.4) is 0 Å². The van der Waals surface area contributed by atoms with Crippen molar-refractivity contribution in [1.82, 2.24) is 5.53 Å². The number of nitro groups is 1. The zero-order valence-electron chi connectivity index (χ0n) is 3.92. The van der Waals surface area contributed by atoms with E-state index < -0.39 is 5.03 Å². The molecule has 0 bridgehead atoms. The van der Waals surface area contributed by atoms with Gasteiger partial charge in [0.05, 0.1) is 0 Å². The number of rotatable bonds is 2.